The zero-order chi connectivity index (χ0) is 10.9. The van der Waals surface area contributed by atoms with E-state index in [4.69, 9.17) is 10.2 Å². The second-order valence-corrected chi connectivity index (χ2v) is 8.51. The molecule has 0 amide bonds. The Kier molecular flexibility index (Phi) is 6.35. The van der Waals surface area contributed by atoms with Crippen molar-refractivity contribution < 1.29 is 17.6 Å². The van der Waals surface area contributed by atoms with Crippen molar-refractivity contribution in [1.82, 2.24) is 0 Å². The molecule has 0 aliphatic rings. The zero-order valence-electron chi connectivity index (χ0n) is 8.68. The van der Waals surface area contributed by atoms with Gasteiger partial charge in [-0.05, 0) is 26.6 Å². The molecule has 0 spiro atoms. The summed E-state index contributed by atoms with van der Waals surface area (Å²) in [6, 6.07) is -1.02. The predicted octanol–water partition coefficient (Wildman–Crippen LogP) is 2.54. The minimum absolute atomic E-state index is 0. The van der Waals surface area contributed by atoms with Gasteiger partial charge in [0, 0.05) is 6.04 Å². The van der Waals surface area contributed by atoms with Gasteiger partial charge in [-0.3, -0.25) is 0 Å². The highest BCUT2D eigenvalue weighted by Crippen LogP contribution is 2.27. The normalized spacial score (nSPS) is 17.1. The van der Waals surface area contributed by atoms with Crippen molar-refractivity contribution in [3.8, 4) is 0 Å². The summed E-state index contributed by atoms with van der Waals surface area (Å²) in [7, 11) is -2.19. The van der Waals surface area contributed by atoms with Crippen LogP contribution in [0.3, 0.4) is 0 Å². The summed E-state index contributed by atoms with van der Waals surface area (Å²) in [5.74, 6) is 0. The lowest BCUT2D eigenvalue weighted by Gasteiger charge is -2.30. The first-order valence-corrected chi connectivity index (χ1v) is 7.45. The van der Waals surface area contributed by atoms with Crippen LogP contribution in [0.4, 0.5) is 13.2 Å². The molecule has 0 aromatic carbocycles. The highest BCUT2D eigenvalue weighted by atomic mass is 35.5. The molecule has 7 heteroatoms. The number of rotatable bonds is 3. The van der Waals surface area contributed by atoms with Crippen molar-refractivity contribution in [3.05, 3.63) is 0 Å². The largest absolute Gasteiger partial charge is 0.414 e. The van der Waals surface area contributed by atoms with Gasteiger partial charge in [0.1, 0.15) is 0 Å². The third-order valence-corrected chi connectivity index (χ3v) is 2.24. The molecule has 88 valence electrons. The maximum absolute atomic E-state index is 12.3. The number of hydrogen-bond donors (Lipinski definition) is 1. The van der Waals surface area contributed by atoms with Crippen LogP contribution in [-0.2, 0) is 4.43 Å². The molecule has 2 N–H and O–H groups in total. The van der Waals surface area contributed by atoms with Crippen molar-refractivity contribution in [1.29, 1.82) is 0 Å². The van der Waals surface area contributed by atoms with E-state index in [1.165, 1.54) is 6.92 Å². The van der Waals surface area contributed by atoms with Gasteiger partial charge in [-0.25, -0.2) is 0 Å². The van der Waals surface area contributed by atoms with E-state index in [0.717, 1.165) is 0 Å². The third kappa shape index (κ3) is 6.64. The summed E-state index contributed by atoms with van der Waals surface area (Å²) in [4.78, 5) is 0. The van der Waals surface area contributed by atoms with Crippen molar-refractivity contribution in [2.24, 2.45) is 5.73 Å². The maximum Gasteiger partial charge on any atom is 0.414 e. The average Bonchev–Trinajstić information content (AvgIpc) is 1.77. The minimum Gasteiger partial charge on any atom is -0.405 e. The molecule has 14 heavy (non-hydrogen) atoms. The third-order valence-electron chi connectivity index (χ3n) is 1.28. The molecule has 0 aromatic heterocycles. The van der Waals surface area contributed by atoms with Gasteiger partial charge in [-0.15, -0.1) is 12.4 Å². The number of halogens is 4. The first kappa shape index (κ1) is 16.6. The molecular formula is C7H17ClF3NOSi. The second-order valence-electron chi connectivity index (χ2n) is 4.05. The first-order chi connectivity index (χ1) is 5.54. The lowest BCUT2D eigenvalue weighted by atomic mass is 10.2. The fraction of sp³-hybridized carbons (Fsp3) is 1.00. The van der Waals surface area contributed by atoms with Gasteiger partial charge in [-0.1, -0.05) is 0 Å². The topological polar surface area (TPSA) is 35.2 Å². The van der Waals surface area contributed by atoms with Crippen LogP contribution in [0, 0.1) is 0 Å². The Morgan fingerprint density at radius 3 is 1.64 bits per heavy atom. The Morgan fingerprint density at radius 1 is 1.21 bits per heavy atom. The lowest BCUT2D eigenvalue weighted by Crippen LogP contribution is -2.50. The fourth-order valence-corrected chi connectivity index (χ4v) is 1.96. The Bertz CT molecular complexity index is 169. The Morgan fingerprint density at radius 2 is 1.57 bits per heavy atom. The quantitative estimate of drug-likeness (QED) is 0.783. The summed E-state index contributed by atoms with van der Waals surface area (Å²) in [6.07, 6.45) is -6.20. The highest BCUT2D eigenvalue weighted by molar-refractivity contribution is 6.69. The molecule has 0 aromatic rings. The molecule has 0 aliphatic carbocycles. The van der Waals surface area contributed by atoms with E-state index >= 15 is 0 Å². The molecular weight excluding hydrogens is 235 g/mol. The smallest absolute Gasteiger partial charge is 0.405 e. The summed E-state index contributed by atoms with van der Waals surface area (Å²) in [6.45, 7) is 6.41. The van der Waals surface area contributed by atoms with Gasteiger partial charge in [0.2, 0.25) is 0 Å². The molecule has 2 nitrogen and oxygen atoms in total. The Labute approximate surface area is 89.5 Å². The van der Waals surface area contributed by atoms with Gasteiger partial charge in [0.25, 0.3) is 0 Å². The molecule has 2 unspecified atom stereocenters. The van der Waals surface area contributed by atoms with Crippen LogP contribution in [0.25, 0.3) is 0 Å². The van der Waals surface area contributed by atoms with E-state index in [1.54, 1.807) is 19.6 Å². The summed E-state index contributed by atoms with van der Waals surface area (Å²) in [5.41, 5.74) is 5.21. The fourth-order valence-electron chi connectivity index (χ4n) is 0.853. The van der Waals surface area contributed by atoms with Gasteiger partial charge in [0.15, 0.2) is 14.4 Å². The number of alkyl halides is 3. The highest BCUT2D eigenvalue weighted by Gasteiger charge is 2.45. The van der Waals surface area contributed by atoms with Crippen molar-refractivity contribution >= 4 is 20.7 Å². The van der Waals surface area contributed by atoms with Crippen LogP contribution < -0.4 is 5.73 Å². The van der Waals surface area contributed by atoms with Crippen LogP contribution in [0.15, 0.2) is 0 Å². The molecule has 0 saturated heterocycles. The van der Waals surface area contributed by atoms with E-state index in [9.17, 15) is 13.2 Å². The van der Waals surface area contributed by atoms with E-state index in [1.807, 2.05) is 0 Å². The van der Waals surface area contributed by atoms with Crippen LogP contribution in [-0.4, -0.2) is 26.6 Å². The van der Waals surface area contributed by atoms with E-state index in [-0.39, 0.29) is 12.4 Å². The molecule has 0 aliphatic heterocycles. The molecule has 2 atom stereocenters. The van der Waals surface area contributed by atoms with Gasteiger partial charge in [0.05, 0.1) is 0 Å². The molecule has 0 fully saturated rings. The molecule has 0 heterocycles. The van der Waals surface area contributed by atoms with E-state index in [0.29, 0.717) is 0 Å². The van der Waals surface area contributed by atoms with Crippen molar-refractivity contribution in [2.75, 3.05) is 0 Å². The minimum atomic E-state index is -4.37. The maximum atomic E-state index is 12.3. The summed E-state index contributed by atoms with van der Waals surface area (Å²) < 4.78 is 41.9. The van der Waals surface area contributed by atoms with Gasteiger partial charge in [-0.2, -0.15) is 13.2 Å². The SMILES string of the molecule is CC(N)C(O[Si](C)(C)C)C(F)(F)F.Cl. The first-order valence-electron chi connectivity index (χ1n) is 4.04. The number of hydrogen-bond acceptors (Lipinski definition) is 2. The molecule has 0 bridgehead atoms. The van der Waals surface area contributed by atoms with Crippen LogP contribution in [0.2, 0.25) is 19.6 Å². The molecule has 0 rings (SSSR count). The van der Waals surface area contributed by atoms with Gasteiger partial charge >= 0.3 is 6.18 Å². The Hall–Kier alpha value is 0.217. The van der Waals surface area contributed by atoms with E-state index in [2.05, 4.69) is 0 Å². The predicted molar refractivity (Wildman–Crippen MR) is 55.2 cm³/mol. The van der Waals surface area contributed by atoms with Crippen LogP contribution in [0.5, 0.6) is 0 Å². The summed E-state index contributed by atoms with van der Waals surface area (Å²) in [5, 5.41) is 0. The van der Waals surface area contributed by atoms with Gasteiger partial charge < -0.3 is 10.2 Å². The summed E-state index contributed by atoms with van der Waals surface area (Å²) >= 11 is 0. The van der Waals surface area contributed by atoms with Crippen molar-refractivity contribution in [3.63, 3.8) is 0 Å². The average molecular weight is 252 g/mol. The zero-order valence-corrected chi connectivity index (χ0v) is 10.5. The number of nitrogens with two attached hydrogens (primary N) is 1. The Balaban J connectivity index is 0. The molecule has 0 radical (unpaired) electrons. The van der Waals surface area contributed by atoms with Crippen molar-refractivity contribution in [2.45, 2.75) is 44.9 Å². The van der Waals surface area contributed by atoms with Crippen LogP contribution in [0.1, 0.15) is 6.92 Å². The standard InChI is InChI=1S/C7H16F3NOSi.ClH/c1-5(11)6(7(8,9)10)12-13(2,3)4;/h5-6H,11H2,1-4H3;1H. The molecule has 0 saturated carbocycles. The monoisotopic (exact) mass is 251 g/mol. The van der Waals surface area contributed by atoms with Crippen LogP contribution >= 0.6 is 12.4 Å². The lowest BCUT2D eigenvalue weighted by molar-refractivity contribution is -0.202. The second kappa shape index (κ2) is 5.34. The van der Waals surface area contributed by atoms with E-state index < -0.39 is 26.6 Å².